The molecule has 0 saturated heterocycles. The molecule has 7 nitrogen and oxygen atoms in total. The topological polar surface area (TPSA) is 61.6 Å². The molecule has 132 valence electrons. The van der Waals surface area contributed by atoms with Crippen LogP contribution in [-0.2, 0) is 0 Å². The Morgan fingerprint density at radius 2 is 2.04 bits per heavy atom. The number of nitrogens with one attached hydrogen (secondary N) is 1. The van der Waals surface area contributed by atoms with Crippen LogP contribution in [0, 0.1) is 0 Å². The summed E-state index contributed by atoms with van der Waals surface area (Å²) < 4.78 is 2.25. The summed E-state index contributed by atoms with van der Waals surface area (Å²) in [5.74, 6) is 1.79. The number of hydrogen-bond acceptors (Lipinski definition) is 6. The second kappa shape index (κ2) is 5.81. The van der Waals surface area contributed by atoms with Crippen molar-refractivity contribution >= 4 is 22.9 Å². The summed E-state index contributed by atoms with van der Waals surface area (Å²) in [5.41, 5.74) is 3.18. The molecule has 2 aliphatic heterocycles. The number of imidazole rings is 1. The second-order valence-corrected chi connectivity index (χ2v) is 6.98. The minimum absolute atomic E-state index is 0.0771. The molecule has 1 aromatic carbocycles. The number of para-hydroxylation sites is 2. The summed E-state index contributed by atoms with van der Waals surface area (Å²) in [6.07, 6.45) is 3.62. The van der Waals surface area contributed by atoms with Crippen molar-refractivity contribution in [1.82, 2.24) is 24.8 Å². The predicted octanol–water partition coefficient (Wildman–Crippen LogP) is 2.38. The maximum atomic E-state index is 4.93. The average molecular weight is 347 g/mol. The molecule has 3 aromatic rings. The molecule has 0 aliphatic carbocycles. The first-order valence-electron chi connectivity index (χ1n) is 8.92. The molecule has 26 heavy (non-hydrogen) atoms. The molecule has 4 heterocycles. The van der Waals surface area contributed by atoms with Gasteiger partial charge in [0.2, 0.25) is 11.9 Å². The van der Waals surface area contributed by atoms with E-state index in [1.54, 1.807) is 6.20 Å². The number of aliphatic imine (C=N–C) groups is 1. The number of rotatable bonds is 2. The van der Waals surface area contributed by atoms with E-state index < -0.39 is 0 Å². The van der Waals surface area contributed by atoms with Crippen molar-refractivity contribution in [2.75, 3.05) is 18.2 Å². The Labute approximate surface area is 152 Å². The zero-order valence-electron chi connectivity index (χ0n) is 14.9. The van der Waals surface area contributed by atoms with E-state index in [-0.39, 0.29) is 6.17 Å². The largest absolute Gasteiger partial charge is 0.331 e. The number of fused-ring (bicyclic) bond motifs is 5. The molecule has 7 heteroatoms. The molecule has 5 rings (SSSR count). The minimum atomic E-state index is -0.0771. The van der Waals surface area contributed by atoms with Gasteiger partial charge in [0.15, 0.2) is 0 Å². The van der Waals surface area contributed by atoms with Crippen LogP contribution in [0.25, 0.3) is 11.0 Å². The third-order valence-corrected chi connectivity index (χ3v) is 5.05. The molecular weight excluding hydrogens is 326 g/mol. The third-order valence-electron chi connectivity index (χ3n) is 5.05. The van der Waals surface area contributed by atoms with Gasteiger partial charge < -0.3 is 5.32 Å². The molecule has 2 aliphatic rings. The first kappa shape index (κ1) is 15.3. The third kappa shape index (κ3) is 2.28. The van der Waals surface area contributed by atoms with Crippen molar-refractivity contribution < 1.29 is 0 Å². The Balaban J connectivity index is 1.70. The van der Waals surface area contributed by atoms with Crippen LogP contribution in [0.4, 0.5) is 5.95 Å². The van der Waals surface area contributed by atoms with Gasteiger partial charge >= 0.3 is 0 Å². The molecule has 0 bridgehead atoms. The fraction of sp³-hybridized carbons (Fsp3) is 0.316. The fourth-order valence-electron chi connectivity index (χ4n) is 3.58. The molecule has 1 N–H and O–H groups in total. The SMILES string of the molecule is CC(C)N1CN=C2N[C@@H](c3cccnc3)n3c(nc4ccccc43)N2C1. The molecule has 0 spiro atoms. The van der Waals surface area contributed by atoms with Crippen LogP contribution in [0.1, 0.15) is 25.6 Å². The van der Waals surface area contributed by atoms with Gasteiger partial charge in [-0.25, -0.2) is 9.98 Å². The maximum Gasteiger partial charge on any atom is 0.216 e. The monoisotopic (exact) mass is 347 g/mol. The Morgan fingerprint density at radius 1 is 1.15 bits per heavy atom. The molecule has 1 atom stereocenters. The number of aromatic nitrogens is 3. The number of guanidine groups is 1. The molecule has 0 radical (unpaired) electrons. The van der Waals surface area contributed by atoms with Crippen molar-refractivity contribution in [3.63, 3.8) is 0 Å². The van der Waals surface area contributed by atoms with E-state index in [9.17, 15) is 0 Å². The van der Waals surface area contributed by atoms with E-state index in [0.717, 1.165) is 35.2 Å². The normalized spacial score (nSPS) is 19.9. The predicted molar refractivity (Wildman–Crippen MR) is 102 cm³/mol. The van der Waals surface area contributed by atoms with Gasteiger partial charge in [0.25, 0.3) is 0 Å². The van der Waals surface area contributed by atoms with E-state index in [4.69, 9.17) is 9.98 Å². The van der Waals surface area contributed by atoms with Gasteiger partial charge in [-0.15, -0.1) is 0 Å². The van der Waals surface area contributed by atoms with Gasteiger partial charge in [0.1, 0.15) is 6.17 Å². The van der Waals surface area contributed by atoms with Crippen LogP contribution in [0.5, 0.6) is 0 Å². The molecule has 0 fully saturated rings. The summed E-state index contributed by atoms with van der Waals surface area (Å²) in [6.45, 7) is 5.85. The van der Waals surface area contributed by atoms with Crippen molar-refractivity contribution in [3.8, 4) is 0 Å². The Kier molecular flexibility index (Phi) is 3.43. The van der Waals surface area contributed by atoms with Crippen LogP contribution < -0.4 is 10.2 Å². The minimum Gasteiger partial charge on any atom is -0.331 e. The van der Waals surface area contributed by atoms with Crippen molar-refractivity contribution in [1.29, 1.82) is 0 Å². The zero-order chi connectivity index (χ0) is 17.7. The number of benzene rings is 1. The van der Waals surface area contributed by atoms with E-state index in [2.05, 4.69) is 62.8 Å². The Hall–Kier alpha value is -2.93. The lowest BCUT2D eigenvalue weighted by atomic mass is 10.2. The fourth-order valence-corrected chi connectivity index (χ4v) is 3.58. The van der Waals surface area contributed by atoms with Crippen LogP contribution >= 0.6 is 0 Å². The van der Waals surface area contributed by atoms with Crippen LogP contribution in [0.3, 0.4) is 0 Å². The zero-order valence-corrected chi connectivity index (χ0v) is 14.9. The van der Waals surface area contributed by atoms with Crippen LogP contribution in [0.15, 0.2) is 53.8 Å². The number of anilines is 1. The molecule has 0 amide bonds. The van der Waals surface area contributed by atoms with E-state index in [0.29, 0.717) is 12.7 Å². The number of hydrogen-bond donors (Lipinski definition) is 1. The van der Waals surface area contributed by atoms with Gasteiger partial charge in [0, 0.05) is 24.0 Å². The smallest absolute Gasteiger partial charge is 0.216 e. The molecule has 0 unspecified atom stereocenters. The summed E-state index contributed by atoms with van der Waals surface area (Å²) in [5, 5.41) is 3.60. The quantitative estimate of drug-likeness (QED) is 0.771. The summed E-state index contributed by atoms with van der Waals surface area (Å²) >= 11 is 0. The standard InChI is InChI=1S/C19H21N7/c1-13(2)24-11-21-18-23-17(14-6-5-9-20-10-14)26-16-8-4-3-7-15(16)22-19(26)25(18)12-24/h3-10,13,17H,11-12H2,1-2H3,(H,21,23)/t17-/m1/s1. The lowest BCUT2D eigenvalue weighted by molar-refractivity contribution is 0.221. The summed E-state index contributed by atoms with van der Waals surface area (Å²) in [4.78, 5) is 18.5. The average Bonchev–Trinajstić information content (AvgIpc) is 3.07. The molecule has 2 aromatic heterocycles. The van der Waals surface area contributed by atoms with Crippen LogP contribution in [-0.4, -0.2) is 44.8 Å². The lowest BCUT2D eigenvalue weighted by Crippen LogP contribution is -2.58. The summed E-state index contributed by atoms with van der Waals surface area (Å²) in [7, 11) is 0. The van der Waals surface area contributed by atoms with Gasteiger partial charge in [0.05, 0.1) is 24.4 Å². The summed E-state index contributed by atoms with van der Waals surface area (Å²) in [6, 6.07) is 12.7. The van der Waals surface area contributed by atoms with Crippen molar-refractivity contribution in [3.05, 3.63) is 54.4 Å². The second-order valence-electron chi connectivity index (χ2n) is 6.98. The molecular formula is C19H21N7. The van der Waals surface area contributed by atoms with E-state index >= 15 is 0 Å². The lowest BCUT2D eigenvalue weighted by Gasteiger charge is -2.42. The highest BCUT2D eigenvalue weighted by molar-refractivity contribution is 5.98. The van der Waals surface area contributed by atoms with E-state index in [1.807, 2.05) is 18.3 Å². The Morgan fingerprint density at radius 3 is 2.85 bits per heavy atom. The van der Waals surface area contributed by atoms with Gasteiger partial charge in [-0.1, -0.05) is 18.2 Å². The molecule has 0 saturated carbocycles. The highest BCUT2D eigenvalue weighted by atomic mass is 15.5. The van der Waals surface area contributed by atoms with Gasteiger partial charge in [-0.05, 0) is 32.0 Å². The van der Waals surface area contributed by atoms with Gasteiger partial charge in [-0.3, -0.25) is 19.4 Å². The van der Waals surface area contributed by atoms with Crippen LogP contribution in [0.2, 0.25) is 0 Å². The first-order valence-corrected chi connectivity index (χ1v) is 8.92. The van der Waals surface area contributed by atoms with E-state index in [1.165, 1.54) is 0 Å². The number of nitrogens with zero attached hydrogens (tertiary/aromatic N) is 6. The Bertz CT molecular complexity index is 976. The highest BCUT2D eigenvalue weighted by Gasteiger charge is 2.36. The first-order chi connectivity index (χ1) is 12.7. The highest BCUT2D eigenvalue weighted by Crippen LogP contribution is 2.33. The number of pyridine rings is 1. The van der Waals surface area contributed by atoms with Crippen molar-refractivity contribution in [2.45, 2.75) is 26.1 Å². The maximum absolute atomic E-state index is 4.93. The van der Waals surface area contributed by atoms with Crippen molar-refractivity contribution in [2.24, 2.45) is 4.99 Å². The van der Waals surface area contributed by atoms with Gasteiger partial charge in [-0.2, -0.15) is 0 Å².